The minimum absolute atomic E-state index is 0.249. The summed E-state index contributed by atoms with van der Waals surface area (Å²) < 4.78 is 26.1. The predicted octanol–water partition coefficient (Wildman–Crippen LogP) is 2.41. The van der Waals surface area contributed by atoms with E-state index in [2.05, 4.69) is 35.6 Å². The Hall–Kier alpha value is -0.950. The van der Waals surface area contributed by atoms with Crippen LogP contribution >= 0.6 is 11.3 Å². The first-order valence-electron chi connectivity index (χ1n) is 7.18. The number of nitrogens with zero attached hydrogens (tertiary/aromatic N) is 1. The summed E-state index contributed by atoms with van der Waals surface area (Å²) in [5.41, 5.74) is 0. The summed E-state index contributed by atoms with van der Waals surface area (Å²) in [6.07, 6.45) is 3.26. The Kier molecular flexibility index (Phi) is 4.31. The minimum atomic E-state index is -3.07. The monoisotopic (exact) mass is 324 g/mol. The normalized spacial score (nSPS) is 20.9. The number of nitrogens with one attached hydrogen (secondary N) is 1. The molecule has 1 aliphatic heterocycles. The summed E-state index contributed by atoms with van der Waals surface area (Å²) in [4.78, 5) is 1.30. The van der Waals surface area contributed by atoms with Crippen LogP contribution in [-0.4, -0.2) is 38.1 Å². The lowest BCUT2D eigenvalue weighted by molar-refractivity contribution is 0.284. The smallest absolute Gasteiger partial charge is 0.211 e. The molecule has 3 rings (SSSR count). The second-order valence-corrected chi connectivity index (χ2v) is 8.74. The predicted molar refractivity (Wildman–Crippen MR) is 88.1 cm³/mol. The highest BCUT2D eigenvalue weighted by atomic mass is 32.2. The van der Waals surface area contributed by atoms with Crippen LogP contribution in [0.2, 0.25) is 0 Å². The van der Waals surface area contributed by atoms with Crippen molar-refractivity contribution >= 4 is 31.4 Å². The van der Waals surface area contributed by atoms with E-state index >= 15 is 0 Å². The van der Waals surface area contributed by atoms with E-state index in [0.29, 0.717) is 13.1 Å². The van der Waals surface area contributed by atoms with Crippen LogP contribution in [0.5, 0.6) is 0 Å². The van der Waals surface area contributed by atoms with Crippen molar-refractivity contribution in [1.29, 1.82) is 0 Å². The van der Waals surface area contributed by atoms with Crippen LogP contribution in [0.25, 0.3) is 10.1 Å². The number of thiophene rings is 1. The van der Waals surface area contributed by atoms with Crippen molar-refractivity contribution in [3.05, 3.63) is 35.2 Å². The summed E-state index contributed by atoms with van der Waals surface area (Å²) in [7, 11) is -3.07. The van der Waals surface area contributed by atoms with Crippen LogP contribution in [-0.2, 0) is 16.6 Å². The molecule has 0 saturated carbocycles. The molecule has 1 saturated heterocycles. The van der Waals surface area contributed by atoms with Crippen LogP contribution in [0.4, 0.5) is 0 Å². The van der Waals surface area contributed by atoms with Crippen LogP contribution in [0, 0.1) is 0 Å². The number of sulfonamides is 1. The molecule has 114 valence electrons. The van der Waals surface area contributed by atoms with Gasteiger partial charge in [0.05, 0.1) is 6.26 Å². The Labute approximate surface area is 129 Å². The average molecular weight is 324 g/mol. The summed E-state index contributed by atoms with van der Waals surface area (Å²) in [6.45, 7) is 2.05. The maximum Gasteiger partial charge on any atom is 0.211 e. The van der Waals surface area contributed by atoms with Gasteiger partial charge in [-0.25, -0.2) is 12.7 Å². The maximum atomic E-state index is 11.6. The molecule has 0 bridgehead atoms. The van der Waals surface area contributed by atoms with E-state index in [4.69, 9.17) is 0 Å². The van der Waals surface area contributed by atoms with Crippen molar-refractivity contribution in [2.75, 3.05) is 19.3 Å². The number of hydrogen-bond acceptors (Lipinski definition) is 4. The lowest BCUT2D eigenvalue weighted by atomic mass is 10.1. The summed E-state index contributed by atoms with van der Waals surface area (Å²) in [6, 6.07) is 10.8. The zero-order chi connectivity index (χ0) is 14.9. The maximum absolute atomic E-state index is 11.6. The van der Waals surface area contributed by atoms with Crippen molar-refractivity contribution in [3.8, 4) is 0 Å². The highest BCUT2D eigenvalue weighted by Gasteiger charge is 2.25. The number of fused-ring (bicyclic) bond motifs is 1. The van der Waals surface area contributed by atoms with Crippen LogP contribution < -0.4 is 5.32 Å². The van der Waals surface area contributed by atoms with Crippen molar-refractivity contribution in [2.45, 2.75) is 25.4 Å². The van der Waals surface area contributed by atoms with Crippen LogP contribution in [0.1, 0.15) is 17.7 Å². The first-order chi connectivity index (χ1) is 10.0. The van der Waals surface area contributed by atoms with Crippen molar-refractivity contribution in [1.82, 2.24) is 9.62 Å². The van der Waals surface area contributed by atoms with Crippen LogP contribution in [0.3, 0.4) is 0 Å². The second kappa shape index (κ2) is 6.04. The molecule has 1 aromatic heterocycles. The molecule has 1 fully saturated rings. The third-order valence-corrected chi connectivity index (χ3v) is 6.28. The molecule has 2 heterocycles. The highest BCUT2D eigenvalue weighted by molar-refractivity contribution is 7.88. The van der Waals surface area contributed by atoms with Gasteiger partial charge in [0.1, 0.15) is 0 Å². The van der Waals surface area contributed by atoms with E-state index in [1.807, 2.05) is 0 Å². The Morgan fingerprint density at radius 2 is 2.19 bits per heavy atom. The molecule has 21 heavy (non-hydrogen) atoms. The van der Waals surface area contributed by atoms with Crippen molar-refractivity contribution in [3.63, 3.8) is 0 Å². The van der Waals surface area contributed by atoms with E-state index in [9.17, 15) is 8.42 Å². The third kappa shape index (κ3) is 3.63. The zero-order valence-electron chi connectivity index (χ0n) is 12.1. The van der Waals surface area contributed by atoms with Crippen LogP contribution in [0.15, 0.2) is 30.3 Å². The number of rotatable bonds is 4. The number of piperidine rings is 1. The van der Waals surface area contributed by atoms with Gasteiger partial charge in [0.15, 0.2) is 0 Å². The standard InChI is InChI=1S/C15H20N2O2S2/c1-21(18,19)17-8-4-6-13(11-17)16-10-14-9-12-5-2-3-7-15(12)20-14/h2-3,5,7,9,13,16H,4,6,8,10-11H2,1H3. The van der Waals surface area contributed by atoms with Gasteiger partial charge >= 0.3 is 0 Å². The Morgan fingerprint density at radius 3 is 2.95 bits per heavy atom. The van der Waals surface area contributed by atoms with Gasteiger partial charge in [-0.15, -0.1) is 11.3 Å². The van der Waals surface area contributed by atoms with E-state index in [1.54, 1.807) is 15.6 Å². The molecule has 1 aromatic carbocycles. The molecule has 1 aliphatic rings. The van der Waals surface area contributed by atoms with Gasteiger partial charge in [-0.05, 0) is 30.4 Å². The molecule has 0 radical (unpaired) electrons. The fourth-order valence-corrected chi connectivity index (χ4v) is 4.71. The first-order valence-corrected chi connectivity index (χ1v) is 9.85. The molecule has 1 N–H and O–H groups in total. The second-order valence-electron chi connectivity index (χ2n) is 5.59. The molecule has 1 atom stereocenters. The SMILES string of the molecule is CS(=O)(=O)N1CCCC(NCc2cc3ccccc3s2)C1. The lowest BCUT2D eigenvalue weighted by Gasteiger charge is -2.31. The van der Waals surface area contributed by atoms with E-state index in [-0.39, 0.29) is 6.04 Å². The first kappa shape index (κ1) is 15.0. The molecule has 0 aliphatic carbocycles. The minimum Gasteiger partial charge on any atom is -0.308 e. The van der Waals surface area contributed by atoms with E-state index in [0.717, 1.165) is 19.4 Å². The fourth-order valence-electron chi connectivity index (χ4n) is 2.78. The molecule has 1 unspecified atom stereocenters. The Bertz CT molecular complexity index is 691. The van der Waals surface area contributed by atoms with Gasteiger partial charge in [-0.2, -0.15) is 0 Å². The average Bonchev–Trinajstić information content (AvgIpc) is 2.87. The topological polar surface area (TPSA) is 49.4 Å². The van der Waals surface area contributed by atoms with Crippen molar-refractivity contribution in [2.24, 2.45) is 0 Å². The number of hydrogen-bond donors (Lipinski definition) is 1. The molecule has 6 heteroatoms. The van der Waals surface area contributed by atoms with Gasteiger partial charge < -0.3 is 5.32 Å². The lowest BCUT2D eigenvalue weighted by Crippen LogP contribution is -2.47. The molecule has 0 amide bonds. The summed E-state index contributed by atoms with van der Waals surface area (Å²) in [5.74, 6) is 0. The van der Waals surface area contributed by atoms with Gasteiger partial charge in [0, 0.05) is 35.3 Å². The van der Waals surface area contributed by atoms with E-state index < -0.39 is 10.0 Å². The highest BCUT2D eigenvalue weighted by Crippen LogP contribution is 2.25. The van der Waals surface area contributed by atoms with Gasteiger partial charge in [0.2, 0.25) is 10.0 Å². The third-order valence-electron chi connectivity index (χ3n) is 3.89. The number of benzene rings is 1. The molecular weight excluding hydrogens is 304 g/mol. The van der Waals surface area contributed by atoms with Gasteiger partial charge in [-0.3, -0.25) is 0 Å². The van der Waals surface area contributed by atoms with Gasteiger partial charge in [0.25, 0.3) is 0 Å². The summed E-state index contributed by atoms with van der Waals surface area (Å²) in [5, 5.41) is 4.78. The molecular formula is C15H20N2O2S2. The quantitative estimate of drug-likeness (QED) is 0.939. The molecule has 2 aromatic rings. The van der Waals surface area contributed by atoms with E-state index in [1.165, 1.54) is 21.2 Å². The summed E-state index contributed by atoms with van der Waals surface area (Å²) >= 11 is 1.80. The van der Waals surface area contributed by atoms with Crippen molar-refractivity contribution < 1.29 is 8.42 Å². The largest absolute Gasteiger partial charge is 0.308 e. The molecule has 0 spiro atoms. The Balaban J connectivity index is 1.62. The zero-order valence-corrected chi connectivity index (χ0v) is 13.7. The molecule has 4 nitrogen and oxygen atoms in total. The Morgan fingerprint density at radius 1 is 1.38 bits per heavy atom. The fraction of sp³-hybridized carbons (Fsp3) is 0.467. The van der Waals surface area contributed by atoms with Gasteiger partial charge in [-0.1, -0.05) is 18.2 Å².